The lowest BCUT2D eigenvalue weighted by Crippen LogP contribution is -2.31. The van der Waals surface area contributed by atoms with Crippen molar-refractivity contribution in [3.05, 3.63) is 11.9 Å². The van der Waals surface area contributed by atoms with Crippen LogP contribution >= 0.6 is 0 Å². The number of aromatic nitrogens is 2. The highest BCUT2D eigenvalue weighted by Crippen LogP contribution is 2.26. The zero-order chi connectivity index (χ0) is 14.6. The molecule has 0 aliphatic carbocycles. The maximum atomic E-state index is 12.5. The zero-order valence-corrected chi connectivity index (χ0v) is 11.4. The lowest BCUT2D eigenvalue weighted by Gasteiger charge is -2.18. The van der Waals surface area contributed by atoms with E-state index in [0.29, 0.717) is 18.2 Å². The predicted octanol–water partition coefficient (Wildman–Crippen LogP) is 3.36. The summed E-state index contributed by atoms with van der Waals surface area (Å²) >= 11 is 0. The highest BCUT2D eigenvalue weighted by Gasteiger charge is 2.38. The average Bonchev–Trinajstić information content (AvgIpc) is 2.27. The molecule has 7 heteroatoms. The molecule has 0 saturated heterocycles. The van der Waals surface area contributed by atoms with Gasteiger partial charge >= 0.3 is 6.18 Å². The molecule has 0 saturated carbocycles. The smallest absolute Gasteiger partial charge is 0.425 e. The van der Waals surface area contributed by atoms with Crippen LogP contribution in [-0.2, 0) is 0 Å². The Morgan fingerprint density at radius 3 is 2.37 bits per heavy atom. The third-order valence-electron chi connectivity index (χ3n) is 2.35. The second-order valence-corrected chi connectivity index (χ2v) is 4.44. The van der Waals surface area contributed by atoms with Crippen molar-refractivity contribution >= 4 is 5.82 Å². The number of hydrogen-bond donors (Lipinski definition) is 1. The van der Waals surface area contributed by atoms with Crippen LogP contribution in [0.2, 0.25) is 0 Å². The van der Waals surface area contributed by atoms with Gasteiger partial charge in [-0.25, -0.2) is 4.98 Å². The van der Waals surface area contributed by atoms with Gasteiger partial charge in [0.2, 0.25) is 5.88 Å². The van der Waals surface area contributed by atoms with Gasteiger partial charge < -0.3 is 10.1 Å². The van der Waals surface area contributed by atoms with E-state index < -0.39 is 12.3 Å². The van der Waals surface area contributed by atoms with E-state index in [2.05, 4.69) is 15.3 Å². The van der Waals surface area contributed by atoms with E-state index in [1.165, 1.54) is 6.07 Å². The molecule has 108 valence electrons. The number of hydrogen-bond acceptors (Lipinski definition) is 4. The molecule has 1 atom stereocenters. The Labute approximate surface area is 110 Å². The molecule has 0 radical (unpaired) electrons. The largest absolute Gasteiger partial charge is 0.465 e. The minimum Gasteiger partial charge on any atom is -0.465 e. The van der Waals surface area contributed by atoms with E-state index in [9.17, 15) is 13.2 Å². The van der Waals surface area contributed by atoms with Gasteiger partial charge in [0, 0.05) is 18.5 Å². The number of anilines is 1. The van der Waals surface area contributed by atoms with Gasteiger partial charge in [-0.1, -0.05) is 13.8 Å². The van der Waals surface area contributed by atoms with Crippen LogP contribution in [-0.4, -0.2) is 28.8 Å². The Kier molecular flexibility index (Phi) is 4.97. The van der Waals surface area contributed by atoms with Crippen LogP contribution in [0.25, 0.3) is 0 Å². The fourth-order valence-electron chi connectivity index (χ4n) is 1.28. The molecule has 4 nitrogen and oxygen atoms in total. The third-order valence-corrected chi connectivity index (χ3v) is 2.35. The Morgan fingerprint density at radius 1 is 1.26 bits per heavy atom. The van der Waals surface area contributed by atoms with E-state index in [1.54, 1.807) is 0 Å². The topological polar surface area (TPSA) is 47.0 Å². The average molecular weight is 277 g/mol. The molecule has 19 heavy (non-hydrogen) atoms. The Bertz CT molecular complexity index is 421. The normalized spacial score (nSPS) is 13.5. The number of alkyl halides is 3. The molecule has 1 rings (SSSR count). The van der Waals surface area contributed by atoms with Crippen molar-refractivity contribution in [2.75, 3.05) is 11.9 Å². The van der Waals surface area contributed by atoms with Crippen molar-refractivity contribution in [3.8, 4) is 5.88 Å². The van der Waals surface area contributed by atoms with Crippen LogP contribution in [0.4, 0.5) is 19.0 Å². The molecule has 0 bridgehead atoms. The molecular formula is C12H18F3N3O. The van der Waals surface area contributed by atoms with Crippen LogP contribution in [0.15, 0.2) is 6.07 Å². The molecule has 1 heterocycles. The molecule has 0 aromatic carbocycles. The highest BCUT2D eigenvalue weighted by molar-refractivity contribution is 5.38. The molecule has 0 spiro atoms. The predicted molar refractivity (Wildman–Crippen MR) is 66.4 cm³/mol. The van der Waals surface area contributed by atoms with Crippen LogP contribution in [0.3, 0.4) is 0 Å². The lowest BCUT2D eigenvalue weighted by molar-refractivity contribution is -0.190. The van der Waals surface area contributed by atoms with Gasteiger partial charge in [0.15, 0.2) is 6.10 Å². The summed E-state index contributed by atoms with van der Waals surface area (Å²) in [6, 6.07) is 1.37. The zero-order valence-electron chi connectivity index (χ0n) is 11.4. The number of nitrogens with one attached hydrogen (secondary N) is 1. The summed E-state index contributed by atoms with van der Waals surface area (Å²) < 4.78 is 42.2. The quantitative estimate of drug-likeness (QED) is 0.896. The number of ether oxygens (including phenoxy) is 1. The maximum absolute atomic E-state index is 12.5. The van der Waals surface area contributed by atoms with E-state index >= 15 is 0 Å². The Morgan fingerprint density at radius 2 is 1.89 bits per heavy atom. The van der Waals surface area contributed by atoms with E-state index in [-0.39, 0.29) is 11.8 Å². The molecule has 1 aromatic heterocycles. The molecule has 1 aromatic rings. The first-order valence-electron chi connectivity index (χ1n) is 6.10. The molecule has 0 aliphatic rings. The molecule has 1 unspecified atom stereocenters. The monoisotopic (exact) mass is 277 g/mol. The fourth-order valence-corrected chi connectivity index (χ4v) is 1.28. The summed E-state index contributed by atoms with van der Waals surface area (Å²) in [6.45, 7) is 7.16. The van der Waals surface area contributed by atoms with Gasteiger partial charge in [-0.2, -0.15) is 18.2 Å². The maximum Gasteiger partial charge on any atom is 0.425 e. The third kappa shape index (κ3) is 4.57. The lowest BCUT2D eigenvalue weighted by atomic mass is 10.2. The van der Waals surface area contributed by atoms with Gasteiger partial charge in [-0.3, -0.25) is 0 Å². The SMILES string of the molecule is CCNc1cc(OC(C)C(F)(F)F)nc(C(C)C)n1. The second kappa shape index (κ2) is 6.08. The van der Waals surface area contributed by atoms with Crippen molar-refractivity contribution < 1.29 is 17.9 Å². The highest BCUT2D eigenvalue weighted by atomic mass is 19.4. The van der Waals surface area contributed by atoms with Crippen LogP contribution in [0, 0.1) is 0 Å². The summed E-state index contributed by atoms with van der Waals surface area (Å²) in [5, 5.41) is 2.94. The first-order chi connectivity index (χ1) is 8.74. The van der Waals surface area contributed by atoms with Crippen molar-refractivity contribution in [2.45, 2.75) is 45.9 Å². The first kappa shape index (κ1) is 15.5. The summed E-state index contributed by atoms with van der Waals surface area (Å²) in [5.74, 6) is 0.843. The number of rotatable bonds is 5. The summed E-state index contributed by atoms with van der Waals surface area (Å²) in [7, 11) is 0. The summed E-state index contributed by atoms with van der Waals surface area (Å²) in [4.78, 5) is 8.20. The standard InChI is InChI=1S/C12H18F3N3O/c1-5-16-9-6-10(18-11(17-9)7(2)3)19-8(4)12(13,14)15/h6-8H,5H2,1-4H3,(H,16,17,18). The van der Waals surface area contributed by atoms with Crippen molar-refractivity contribution in [3.63, 3.8) is 0 Å². The summed E-state index contributed by atoms with van der Waals surface area (Å²) in [6.07, 6.45) is -6.32. The van der Waals surface area contributed by atoms with Crippen molar-refractivity contribution in [2.24, 2.45) is 0 Å². The first-order valence-corrected chi connectivity index (χ1v) is 6.10. The van der Waals surface area contributed by atoms with Crippen molar-refractivity contribution in [1.29, 1.82) is 0 Å². The molecule has 0 aliphatic heterocycles. The van der Waals surface area contributed by atoms with Gasteiger partial charge in [-0.15, -0.1) is 0 Å². The van der Waals surface area contributed by atoms with Crippen molar-refractivity contribution in [1.82, 2.24) is 9.97 Å². The second-order valence-electron chi connectivity index (χ2n) is 4.44. The Balaban J connectivity index is 2.99. The fraction of sp³-hybridized carbons (Fsp3) is 0.667. The number of nitrogens with zero attached hydrogens (tertiary/aromatic N) is 2. The van der Waals surface area contributed by atoms with Gasteiger partial charge in [-0.05, 0) is 13.8 Å². The van der Waals surface area contributed by atoms with Gasteiger partial charge in [0.1, 0.15) is 11.6 Å². The van der Waals surface area contributed by atoms with Gasteiger partial charge in [0.25, 0.3) is 0 Å². The molecular weight excluding hydrogens is 259 g/mol. The molecule has 0 amide bonds. The van der Waals surface area contributed by atoms with Crippen LogP contribution < -0.4 is 10.1 Å². The number of halogens is 3. The Hall–Kier alpha value is -1.53. The molecule has 0 fully saturated rings. The molecule has 1 N–H and O–H groups in total. The van der Waals surface area contributed by atoms with E-state index in [0.717, 1.165) is 6.92 Å². The van der Waals surface area contributed by atoms with E-state index in [1.807, 2.05) is 20.8 Å². The van der Waals surface area contributed by atoms with Crippen LogP contribution in [0.5, 0.6) is 5.88 Å². The van der Waals surface area contributed by atoms with Gasteiger partial charge in [0.05, 0.1) is 0 Å². The minimum atomic E-state index is -4.42. The van der Waals surface area contributed by atoms with E-state index in [4.69, 9.17) is 4.74 Å². The summed E-state index contributed by atoms with van der Waals surface area (Å²) in [5.41, 5.74) is 0. The minimum absolute atomic E-state index is 0.00199. The van der Waals surface area contributed by atoms with Crippen LogP contribution in [0.1, 0.15) is 39.4 Å².